The van der Waals surface area contributed by atoms with Gasteiger partial charge >= 0.3 is 0 Å². The van der Waals surface area contributed by atoms with Crippen molar-refractivity contribution in [3.05, 3.63) is 34.9 Å². The van der Waals surface area contributed by atoms with Crippen LogP contribution in [0.3, 0.4) is 0 Å². The van der Waals surface area contributed by atoms with Crippen molar-refractivity contribution in [3.8, 4) is 5.75 Å². The van der Waals surface area contributed by atoms with Crippen molar-refractivity contribution in [1.82, 2.24) is 14.5 Å². The Hall–Kier alpha value is -1.02. The second-order valence-electron chi connectivity index (χ2n) is 7.97. The van der Waals surface area contributed by atoms with Crippen molar-refractivity contribution in [2.45, 2.75) is 38.6 Å². The van der Waals surface area contributed by atoms with Crippen molar-refractivity contribution in [1.29, 1.82) is 0 Å². The Morgan fingerprint density at radius 1 is 1.17 bits per heavy atom. The van der Waals surface area contributed by atoms with Crippen LogP contribution in [0.5, 0.6) is 5.75 Å². The molecule has 1 saturated heterocycles. The van der Waals surface area contributed by atoms with Crippen LogP contribution >= 0.6 is 25.4 Å². The molecule has 7 heteroatoms. The highest BCUT2D eigenvalue weighted by atomic mass is 32.1. The molecule has 29 heavy (non-hydrogen) atoms. The Labute approximate surface area is 187 Å². The first-order valence-electron chi connectivity index (χ1n) is 10.8. The van der Waals surface area contributed by atoms with E-state index in [1.54, 1.807) is 7.11 Å². The molecule has 1 fully saturated rings. The van der Waals surface area contributed by atoms with E-state index in [1.165, 1.54) is 29.1 Å². The van der Waals surface area contributed by atoms with E-state index in [9.17, 15) is 0 Å². The van der Waals surface area contributed by atoms with E-state index in [4.69, 9.17) is 17.4 Å². The molecule has 1 aliphatic carbocycles. The van der Waals surface area contributed by atoms with Crippen LogP contribution in [0.2, 0.25) is 0 Å². The zero-order chi connectivity index (χ0) is 20.6. The van der Waals surface area contributed by atoms with Crippen LogP contribution in [0.1, 0.15) is 32.6 Å². The minimum absolute atomic E-state index is 0.600. The summed E-state index contributed by atoms with van der Waals surface area (Å²) in [7, 11) is 1.75. The van der Waals surface area contributed by atoms with Crippen LogP contribution in [-0.2, 0) is 0 Å². The summed E-state index contributed by atoms with van der Waals surface area (Å²) in [4.78, 5) is 8.90. The molecule has 0 aromatic heterocycles. The van der Waals surface area contributed by atoms with Gasteiger partial charge in [-0.15, -0.1) is 12.6 Å². The average molecular weight is 437 g/mol. The maximum absolute atomic E-state index is 5.54. The fraction of sp³-hybridized carbons (Fsp3) is 0.636. The molecule has 3 rings (SSSR count). The third-order valence-electron chi connectivity index (χ3n) is 6.17. The molecule has 162 valence electrons. The Bertz CT molecular complexity index is 677. The number of anilines is 1. The molecule has 1 aromatic rings. The van der Waals surface area contributed by atoms with Gasteiger partial charge in [-0.05, 0) is 44.4 Å². The zero-order valence-corrected chi connectivity index (χ0v) is 19.6. The number of rotatable bonds is 9. The lowest BCUT2D eigenvalue weighted by Gasteiger charge is -2.39. The van der Waals surface area contributed by atoms with Crippen LogP contribution in [-0.4, -0.2) is 68.8 Å². The molecule has 0 bridgehead atoms. The number of hydrogen-bond donors (Lipinski definition) is 3. The summed E-state index contributed by atoms with van der Waals surface area (Å²) in [5.74, 6) is 0.970. The molecule has 1 atom stereocenters. The van der Waals surface area contributed by atoms with Crippen LogP contribution in [0.15, 0.2) is 34.9 Å². The van der Waals surface area contributed by atoms with Gasteiger partial charge in [-0.3, -0.25) is 9.80 Å². The lowest BCUT2D eigenvalue weighted by molar-refractivity contribution is 0.147. The van der Waals surface area contributed by atoms with E-state index >= 15 is 0 Å². The second-order valence-corrected chi connectivity index (χ2v) is 8.73. The monoisotopic (exact) mass is 436 g/mol. The van der Waals surface area contributed by atoms with Gasteiger partial charge in [0.05, 0.1) is 12.8 Å². The number of nitrogens with zero attached hydrogens (tertiary/aromatic N) is 3. The van der Waals surface area contributed by atoms with Gasteiger partial charge in [0.2, 0.25) is 0 Å². The molecule has 1 unspecified atom stereocenters. The van der Waals surface area contributed by atoms with Crippen molar-refractivity contribution in [2.75, 3.05) is 57.8 Å². The number of ether oxygens (including phenoxy) is 1. The largest absolute Gasteiger partial charge is 0.495 e. The van der Waals surface area contributed by atoms with E-state index in [0.717, 1.165) is 64.4 Å². The molecule has 0 saturated carbocycles. The van der Waals surface area contributed by atoms with Gasteiger partial charge in [0.1, 0.15) is 5.75 Å². The molecular weight excluding hydrogens is 400 g/mol. The standard InChI is InChI=1S/C22H36N4OS2/c1-3-10-25(18-8-9-19(23-29)22(28)17-18)14-11-24-12-15-26(16-13-24)20-6-4-5-7-21(20)27-2/h4-7,18,23,28-29H,3,8-17H2,1-2H3. The summed E-state index contributed by atoms with van der Waals surface area (Å²) in [6.07, 6.45) is 4.47. The fourth-order valence-corrected chi connectivity index (χ4v) is 5.19. The Morgan fingerprint density at radius 2 is 1.93 bits per heavy atom. The minimum Gasteiger partial charge on any atom is -0.495 e. The summed E-state index contributed by atoms with van der Waals surface area (Å²) in [5, 5.41) is 0. The van der Waals surface area contributed by atoms with Crippen molar-refractivity contribution in [3.63, 3.8) is 0 Å². The van der Waals surface area contributed by atoms with E-state index in [2.05, 4.69) is 51.3 Å². The highest BCUT2D eigenvalue weighted by Gasteiger charge is 2.25. The first-order chi connectivity index (χ1) is 14.2. The van der Waals surface area contributed by atoms with Gasteiger partial charge in [-0.2, -0.15) is 0 Å². The predicted molar refractivity (Wildman–Crippen MR) is 129 cm³/mol. The second kappa shape index (κ2) is 11.4. The first-order valence-corrected chi connectivity index (χ1v) is 11.7. The van der Waals surface area contributed by atoms with Crippen LogP contribution < -0.4 is 14.4 Å². The zero-order valence-electron chi connectivity index (χ0n) is 17.8. The quantitative estimate of drug-likeness (QED) is 0.515. The predicted octanol–water partition coefficient (Wildman–Crippen LogP) is 3.66. The van der Waals surface area contributed by atoms with Crippen molar-refractivity contribution < 1.29 is 4.74 Å². The summed E-state index contributed by atoms with van der Waals surface area (Å²) >= 11 is 8.92. The number of thiol groups is 2. The first kappa shape index (κ1) is 22.7. The number of methoxy groups -OCH3 is 1. The highest BCUT2D eigenvalue weighted by Crippen LogP contribution is 2.30. The topological polar surface area (TPSA) is 31.0 Å². The van der Waals surface area contributed by atoms with E-state index < -0.39 is 0 Å². The number of para-hydroxylation sites is 2. The Kier molecular flexibility index (Phi) is 8.90. The Morgan fingerprint density at radius 3 is 2.59 bits per heavy atom. The number of piperazine rings is 1. The van der Waals surface area contributed by atoms with Gasteiger partial charge < -0.3 is 14.4 Å². The smallest absolute Gasteiger partial charge is 0.142 e. The van der Waals surface area contributed by atoms with Crippen molar-refractivity contribution in [2.24, 2.45) is 0 Å². The molecule has 1 heterocycles. The van der Waals surface area contributed by atoms with Crippen LogP contribution in [0.25, 0.3) is 0 Å². The molecule has 0 radical (unpaired) electrons. The third kappa shape index (κ3) is 6.00. The number of benzene rings is 1. The number of allylic oxidation sites excluding steroid dienone is 1. The molecule has 0 amide bonds. The maximum Gasteiger partial charge on any atom is 0.142 e. The summed E-state index contributed by atoms with van der Waals surface area (Å²) in [6, 6.07) is 8.94. The lowest BCUT2D eigenvalue weighted by Crippen LogP contribution is -2.50. The van der Waals surface area contributed by atoms with E-state index in [0.29, 0.717) is 6.04 Å². The van der Waals surface area contributed by atoms with Crippen molar-refractivity contribution >= 4 is 31.1 Å². The normalized spacial score (nSPS) is 21.0. The summed E-state index contributed by atoms with van der Waals surface area (Å²) < 4.78 is 8.55. The van der Waals surface area contributed by atoms with Gasteiger partial charge in [-0.1, -0.05) is 31.9 Å². The molecule has 1 aliphatic heterocycles. The van der Waals surface area contributed by atoms with Crippen LogP contribution in [0, 0.1) is 0 Å². The average Bonchev–Trinajstić information content (AvgIpc) is 2.77. The van der Waals surface area contributed by atoms with E-state index in [-0.39, 0.29) is 0 Å². The Balaban J connectivity index is 1.50. The SMILES string of the molecule is CCCN(CCN1CCN(c2ccccc2OC)CC1)C1CCC(NS)=C(S)C1. The number of hydrogen-bond acceptors (Lipinski definition) is 7. The summed E-state index contributed by atoms with van der Waals surface area (Å²) in [6.45, 7) is 10.0. The minimum atomic E-state index is 0.600. The van der Waals surface area contributed by atoms with Gasteiger partial charge in [0, 0.05) is 55.9 Å². The van der Waals surface area contributed by atoms with Gasteiger partial charge in [-0.25, -0.2) is 0 Å². The van der Waals surface area contributed by atoms with Gasteiger partial charge in [0.25, 0.3) is 0 Å². The molecule has 0 spiro atoms. The fourth-order valence-electron chi connectivity index (χ4n) is 4.47. The summed E-state index contributed by atoms with van der Waals surface area (Å²) in [5.41, 5.74) is 2.41. The maximum atomic E-state index is 5.54. The van der Waals surface area contributed by atoms with E-state index in [1.807, 2.05) is 12.1 Å². The highest BCUT2D eigenvalue weighted by molar-refractivity contribution is 7.84. The molecule has 5 nitrogen and oxygen atoms in total. The third-order valence-corrected chi connectivity index (χ3v) is 6.89. The van der Waals surface area contributed by atoms with Crippen LogP contribution in [0.4, 0.5) is 5.69 Å². The lowest BCUT2D eigenvalue weighted by atomic mass is 9.97. The molecular formula is C22H36N4OS2. The molecule has 1 N–H and O–H groups in total. The van der Waals surface area contributed by atoms with Gasteiger partial charge in [0.15, 0.2) is 0 Å². The molecule has 2 aliphatic rings. The molecule has 1 aromatic carbocycles. The number of nitrogens with one attached hydrogen (secondary N) is 1.